The van der Waals surface area contributed by atoms with Crippen LogP contribution in [0.3, 0.4) is 0 Å². The first-order chi connectivity index (χ1) is 8.70. The van der Waals surface area contributed by atoms with Crippen LogP contribution in [0.15, 0.2) is 42.6 Å². The Hall–Kier alpha value is -1.47. The first-order valence-corrected chi connectivity index (χ1v) is 6.49. The highest BCUT2D eigenvalue weighted by molar-refractivity contribution is 14.1. The molecule has 0 aliphatic carbocycles. The van der Waals surface area contributed by atoms with Crippen LogP contribution in [0.4, 0.5) is 5.69 Å². The number of anilines is 1. The zero-order valence-corrected chi connectivity index (χ0v) is 11.4. The second-order valence-electron chi connectivity index (χ2n) is 3.95. The smallest absolute Gasteiger partial charge is 0.261 e. The molecule has 1 aromatic carbocycles. The molecule has 1 N–H and O–H groups in total. The molecule has 1 aliphatic rings. The summed E-state index contributed by atoms with van der Waals surface area (Å²) < 4.78 is 0.657. The van der Waals surface area contributed by atoms with Crippen LogP contribution in [-0.4, -0.2) is 16.0 Å². The fourth-order valence-electron chi connectivity index (χ4n) is 2.10. The summed E-state index contributed by atoms with van der Waals surface area (Å²) in [7, 11) is 0. The van der Waals surface area contributed by atoms with E-state index in [9.17, 15) is 9.90 Å². The van der Waals surface area contributed by atoms with Crippen LogP contribution in [-0.2, 0) is 0 Å². The van der Waals surface area contributed by atoms with Gasteiger partial charge in [-0.3, -0.25) is 9.69 Å². The lowest BCUT2D eigenvalue weighted by Crippen LogP contribution is -2.27. The highest BCUT2D eigenvalue weighted by Crippen LogP contribution is 2.37. The summed E-state index contributed by atoms with van der Waals surface area (Å²) in [6, 6.07) is 10.8. The second-order valence-corrected chi connectivity index (χ2v) is 4.97. The molecule has 4 nitrogen and oxygen atoms in total. The van der Waals surface area contributed by atoms with Crippen molar-refractivity contribution in [3.05, 3.63) is 57.4 Å². The van der Waals surface area contributed by atoms with Gasteiger partial charge in [-0.05, 0) is 40.8 Å². The number of para-hydroxylation sites is 1. The number of pyridine rings is 1. The molecule has 3 rings (SSSR count). The predicted molar refractivity (Wildman–Crippen MR) is 75.2 cm³/mol. The Labute approximate surface area is 117 Å². The van der Waals surface area contributed by atoms with Crippen molar-refractivity contribution >= 4 is 34.2 Å². The minimum absolute atomic E-state index is 0.191. The minimum Gasteiger partial charge on any atom is -0.369 e. The summed E-state index contributed by atoms with van der Waals surface area (Å²) in [5.74, 6) is -0.191. The number of fused-ring (bicyclic) bond motifs is 1. The van der Waals surface area contributed by atoms with E-state index >= 15 is 0 Å². The molecule has 90 valence electrons. The summed E-state index contributed by atoms with van der Waals surface area (Å²) in [4.78, 5) is 17.8. The van der Waals surface area contributed by atoms with E-state index in [1.165, 1.54) is 4.90 Å². The molecule has 1 atom stereocenters. The summed E-state index contributed by atoms with van der Waals surface area (Å²) in [5, 5.41) is 10.3. The van der Waals surface area contributed by atoms with Crippen LogP contribution in [0, 0.1) is 3.70 Å². The molecule has 0 fully saturated rings. The molecule has 2 aromatic rings. The van der Waals surface area contributed by atoms with E-state index in [4.69, 9.17) is 0 Å². The van der Waals surface area contributed by atoms with Crippen molar-refractivity contribution in [1.82, 2.24) is 4.98 Å². The Bertz CT molecular complexity index is 616. The number of hydrogen-bond acceptors (Lipinski definition) is 3. The SMILES string of the molecule is O=C1c2ccnc(I)c2C(O)N1c1ccccc1. The first kappa shape index (κ1) is 11.6. The Morgan fingerprint density at radius 2 is 1.94 bits per heavy atom. The van der Waals surface area contributed by atoms with E-state index in [2.05, 4.69) is 4.98 Å². The number of rotatable bonds is 1. The third-order valence-corrected chi connectivity index (χ3v) is 3.79. The molecule has 0 bridgehead atoms. The van der Waals surface area contributed by atoms with Gasteiger partial charge in [0.2, 0.25) is 0 Å². The lowest BCUT2D eigenvalue weighted by atomic mass is 10.2. The van der Waals surface area contributed by atoms with E-state index < -0.39 is 6.23 Å². The van der Waals surface area contributed by atoms with Crippen LogP contribution < -0.4 is 4.90 Å². The maximum Gasteiger partial charge on any atom is 0.261 e. The van der Waals surface area contributed by atoms with Gasteiger partial charge >= 0.3 is 0 Å². The normalized spacial score (nSPS) is 18.0. The number of carbonyl (C=O) groups excluding carboxylic acids is 1. The lowest BCUT2D eigenvalue weighted by molar-refractivity contribution is 0.0935. The molecule has 0 saturated heterocycles. The summed E-state index contributed by atoms with van der Waals surface area (Å²) >= 11 is 2.03. The largest absolute Gasteiger partial charge is 0.369 e. The van der Waals surface area contributed by atoms with Gasteiger partial charge in [0.05, 0.1) is 5.56 Å². The molecule has 0 radical (unpaired) electrons. The van der Waals surface area contributed by atoms with Gasteiger partial charge < -0.3 is 5.11 Å². The molecule has 0 saturated carbocycles. The first-order valence-electron chi connectivity index (χ1n) is 5.41. The summed E-state index contributed by atoms with van der Waals surface area (Å²) in [5.41, 5.74) is 1.79. The summed E-state index contributed by atoms with van der Waals surface area (Å²) in [6.45, 7) is 0. The standard InChI is InChI=1S/C13H9IN2O2/c14-11-10-9(6-7-15-11)12(17)16(13(10)18)8-4-2-1-3-5-8/h1-7,13,18H. The van der Waals surface area contributed by atoms with Crippen molar-refractivity contribution in [1.29, 1.82) is 0 Å². The van der Waals surface area contributed by atoms with Gasteiger partial charge in [0.1, 0.15) is 3.70 Å². The Morgan fingerprint density at radius 1 is 1.22 bits per heavy atom. The number of hydrogen-bond donors (Lipinski definition) is 1. The van der Waals surface area contributed by atoms with Crippen LogP contribution >= 0.6 is 22.6 Å². The van der Waals surface area contributed by atoms with E-state index in [-0.39, 0.29) is 5.91 Å². The van der Waals surface area contributed by atoms with Gasteiger partial charge in [0.25, 0.3) is 5.91 Å². The molecule has 5 heteroatoms. The average molecular weight is 352 g/mol. The van der Waals surface area contributed by atoms with Crippen LogP contribution in [0.1, 0.15) is 22.1 Å². The number of aliphatic hydroxyl groups excluding tert-OH is 1. The maximum atomic E-state index is 12.3. The van der Waals surface area contributed by atoms with Crippen LogP contribution in [0.5, 0.6) is 0 Å². The van der Waals surface area contributed by atoms with E-state index in [1.54, 1.807) is 24.4 Å². The molecule has 1 aromatic heterocycles. The van der Waals surface area contributed by atoms with Gasteiger partial charge in [0, 0.05) is 17.4 Å². The minimum atomic E-state index is -0.963. The zero-order chi connectivity index (χ0) is 12.7. The molecule has 0 spiro atoms. The third kappa shape index (κ3) is 1.62. The molecule has 1 amide bonds. The Balaban J connectivity index is 2.13. The fourth-order valence-corrected chi connectivity index (χ4v) is 2.83. The Morgan fingerprint density at radius 3 is 2.61 bits per heavy atom. The van der Waals surface area contributed by atoms with Crippen molar-refractivity contribution < 1.29 is 9.90 Å². The average Bonchev–Trinajstić information content (AvgIpc) is 2.64. The van der Waals surface area contributed by atoms with Crippen molar-refractivity contribution in [2.45, 2.75) is 6.23 Å². The number of carbonyl (C=O) groups is 1. The van der Waals surface area contributed by atoms with Gasteiger partial charge in [-0.1, -0.05) is 18.2 Å². The number of halogens is 1. The summed E-state index contributed by atoms with van der Waals surface area (Å²) in [6.07, 6.45) is 0.621. The number of amides is 1. The van der Waals surface area contributed by atoms with Gasteiger partial charge in [-0.2, -0.15) is 0 Å². The zero-order valence-electron chi connectivity index (χ0n) is 9.25. The van der Waals surface area contributed by atoms with Crippen molar-refractivity contribution in [3.8, 4) is 0 Å². The molecule has 18 heavy (non-hydrogen) atoms. The van der Waals surface area contributed by atoms with Gasteiger partial charge in [0.15, 0.2) is 6.23 Å². The highest BCUT2D eigenvalue weighted by atomic mass is 127. The third-order valence-electron chi connectivity index (χ3n) is 2.93. The highest BCUT2D eigenvalue weighted by Gasteiger charge is 2.38. The molecule has 2 heterocycles. The van der Waals surface area contributed by atoms with E-state index in [1.807, 2.05) is 40.8 Å². The van der Waals surface area contributed by atoms with E-state index in [0.29, 0.717) is 20.5 Å². The Kier molecular flexibility index (Phi) is 2.79. The van der Waals surface area contributed by atoms with Gasteiger partial charge in [-0.25, -0.2) is 4.98 Å². The molecule has 1 unspecified atom stereocenters. The molecular formula is C13H9IN2O2. The van der Waals surface area contributed by atoms with Gasteiger partial charge in [-0.15, -0.1) is 0 Å². The predicted octanol–water partition coefficient (Wildman–Crippen LogP) is 2.34. The maximum absolute atomic E-state index is 12.3. The van der Waals surface area contributed by atoms with Crippen LogP contribution in [0.2, 0.25) is 0 Å². The fraction of sp³-hybridized carbons (Fsp3) is 0.0769. The van der Waals surface area contributed by atoms with Crippen molar-refractivity contribution in [2.75, 3.05) is 4.90 Å². The monoisotopic (exact) mass is 352 g/mol. The van der Waals surface area contributed by atoms with Crippen molar-refractivity contribution in [3.63, 3.8) is 0 Å². The topological polar surface area (TPSA) is 53.4 Å². The number of benzene rings is 1. The molecular weight excluding hydrogens is 343 g/mol. The second kappa shape index (κ2) is 4.33. The van der Waals surface area contributed by atoms with Crippen molar-refractivity contribution in [2.24, 2.45) is 0 Å². The number of aromatic nitrogens is 1. The lowest BCUT2D eigenvalue weighted by Gasteiger charge is -2.20. The quantitative estimate of drug-likeness (QED) is 0.633. The molecule has 1 aliphatic heterocycles. The number of nitrogens with zero attached hydrogens (tertiary/aromatic N) is 2. The number of aliphatic hydroxyl groups is 1. The van der Waals surface area contributed by atoms with Crippen LogP contribution in [0.25, 0.3) is 0 Å². The van der Waals surface area contributed by atoms with E-state index in [0.717, 1.165) is 0 Å².